The molecule has 3 aromatic rings. The number of aldehydes is 2. The van der Waals surface area contributed by atoms with Gasteiger partial charge < -0.3 is 41.4 Å². The Morgan fingerprint density at radius 3 is 1.73 bits per heavy atom. The maximum atomic E-state index is 11.8. The van der Waals surface area contributed by atoms with E-state index >= 15 is 0 Å². The topological polar surface area (TPSA) is 194 Å². The van der Waals surface area contributed by atoms with Crippen molar-refractivity contribution in [1.82, 2.24) is 9.80 Å². The van der Waals surface area contributed by atoms with Gasteiger partial charge in [0, 0.05) is 45.9 Å². The number of aliphatic hydroxyl groups is 2. The van der Waals surface area contributed by atoms with Crippen molar-refractivity contribution in [3.63, 3.8) is 0 Å². The molecule has 0 spiro atoms. The first-order valence-corrected chi connectivity index (χ1v) is 18.1. The Bertz CT molecular complexity index is 2040. The van der Waals surface area contributed by atoms with Gasteiger partial charge in [0.25, 0.3) is 6.47 Å². The van der Waals surface area contributed by atoms with Crippen LogP contribution in [0.15, 0.2) is 119 Å². The smallest absolute Gasteiger partial charge is 1.00 e. The number of halogens is 1. The molecule has 3 aliphatic rings. The molecule has 0 bridgehead atoms. The third-order valence-corrected chi connectivity index (χ3v) is 9.25. The van der Waals surface area contributed by atoms with Gasteiger partial charge >= 0.3 is 109 Å². The number of rotatable bonds is 9. The van der Waals surface area contributed by atoms with E-state index < -0.39 is 0 Å². The van der Waals surface area contributed by atoms with Crippen molar-refractivity contribution in [2.24, 2.45) is 0 Å². The molecule has 59 heavy (non-hydrogen) atoms. The molecule has 0 unspecified atom stereocenters. The Morgan fingerprint density at radius 1 is 0.797 bits per heavy atom. The SMILES string of the molecule is CC(=O)N1CCC(CCl)=C(c2ccccc2)C1.CC(=O)N1CCC(COc2cccc(O)c2C=O)=C(c2ccccc2)C1.O=CC1=C(O)C=C[C+]=C1O.O=CO[O-].[H-].[K+].[K+]. The van der Waals surface area contributed by atoms with Crippen molar-refractivity contribution in [3.05, 3.63) is 142 Å². The summed E-state index contributed by atoms with van der Waals surface area (Å²) < 4.78 is 5.84. The number of alkyl halides is 1. The molecule has 2 amide bonds. The van der Waals surface area contributed by atoms with Gasteiger partial charge in [-0.05, 0) is 58.4 Å². The molecule has 0 fully saturated rings. The van der Waals surface area contributed by atoms with E-state index in [1.807, 2.05) is 58.3 Å². The fourth-order valence-electron chi connectivity index (χ4n) is 5.87. The number of ether oxygens (including phenoxy) is 1. The number of benzene rings is 3. The molecule has 0 atom stereocenters. The van der Waals surface area contributed by atoms with E-state index in [9.17, 15) is 24.3 Å². The summed E-state index contributed by atoms with van der Waals surface area (Å²) in [4.78, 5) is 59.5. The molecule has 0 saturated heterocycles. The summed E-state index contributed by atoms with van der Waals surface area (Å²) in [6.07, 6.45) is 7.53. The van der Waals surface area contributed by atoms with Crippen molar-refractivity contribution < 1.29 is 158 Å². The van der Waals surface area contributed by atoms with Crippen molar-refractivity contribution in [1.29, 1.82) is 0 Å². The second-order valence-corrected chi connectivity index (χ2v) is 12.7. The average Bonchev–Trinajstić information content (AvgIpc) is 3.24. The van der Waals surface area contributed by atoms with Gasteiger partial charge in [0.05, 0.1) is 17.7 Å². The maximum Gasteiger partial charge on any atom is 1.00 e. The minimum Gasteiger partial charge on any atom is -1.00 e. The number of phenolic OH excluding ortho intramolecular Hbond substituents is 1. The van der Waals surface area contributed by atoms with Crippen molar-refractivity contribution in [2.45, 2.75) is 26.7 Å². The van der Waals surface area contributed by atoms with Crippen LogP contribution in [0.2, 0.25) is 0 Å². The van der Waals surface area contributed by atoms with Crippen molar-refractivity contribution in [2.75, 3.05) is 38.7 Å². The number of aromatic hydroxyl groups is 1. The summed E-state index contributed by atoms with van der Waals surface area (Å²) >= 11 is 5.99. The predicted molar refractivity (Wildman–Crippen MR) is 213 cm³/mol. The number of carbonyl (C=O) groups is 5. The minimum atomic E-state index is -0.324. The van der Waals surface area contributed by atoms with E-state index in [0.29, 0.717) is 56.9 Å². The van der Waals surface area contributed by atoms with Crippen LogP contribution in [0, 0.1) is 6.08 Å². The quantitative estimate of drug-likeness (QED) is 0.0632. The summed E-state index contributed by atoms with van der Waals surface area (Å²) in [6.45, 7) is 5.97. The zero-order chi connectivity index (χ0) is 41.7. The molecule has 300 valence electrons. The number of aliphatic hydroxyl groups excluding tert-OH is 2. The van der Waals surface area contributed by atoms with E-state index in [1.54, 1.807) is 26.0 Å². The molecule has 3 aromatic carbocycles. The second kappa shape index (κ2) is 29.1. The van der Waals surface area contributed by atoms with Crippen LogP contribution >= 0.6 is 11.6 Å². The molecule has 0 aromatic heterocycles. The molecular weight excluding hydrogens is 834 g/mol. The zero-order valence-electron chi connectivity index (χ0n) is 34.4. The number of allylic oxidation sites excluding steroid dienone is 4. The van der Waals surface area contributed by atoms with E-state index in [-0.39, 0.29) is 151 Å². The monoisotopic (exact) mass is 877 g/mol. The maximum absolute atomic E-state index is 11.8. The van der Waals surface area contributed by atoms with Gasteiger partial charge in [-0.1, -0.05) is 66.7 Å². The molecule has 2 heterocycles. The van der Waals surface area contributed by atoms with Gasteiger partial charge in [-0.25, -0.2) is 0 Å². The Kier molecular flexibility index (Phi) is 26.5. The zero-order valence-corrected chi connectivity index (χ0v) is 40.4. The first-order valence-electron chi connectivity index (χ1n) is 17.6. The van der Waals surface area contributed by atoms with Gasteiger partial charge in [0.15, 0.2) is 6.29 Å². The first kappa shape index (κ1) is 53.8. The van der Waals surface area contributed by atoms with Crippen LogP contribution < -0.4 is 113 Å². The van der Waals surface area contributed by atoms with Crippen LogP contribution in [0.3, 0.4) is 0 Å². The Labute approximate surface area is 435 Å². The standard InChI is InChI=1S/C21H21NO4.C14H16ClNO.C7H4O3.CH2O3.2K.H/c1-15(24)22-11-10-17(18(12-22)16-6-3-2-4-7-16)14-26-21-9-5-8-20(25)19(21)13-23;1-11(17)16-8-7-13(9-15)14(10-16)12-5-3-2-4-6-12;8-4-5-6(9)2-1-3-7(5)10;2-1-4-3;;;/h2-9,13,25H,10-12,14H2,1H3;2-6H,7-10H2,1H3;1-2,4H,(H-,8,9,10);1,3H;;;/q;;;;2*+1;-1. The minimum absolute atomic E-state index is 0. The molecule has 2 aliphatic heterocycles. The van der Waals surface area contributed by atoms with E-state index in [4.69, 9.17) is 36.6 Å². The van der Waals surface area contributed by atoms with Crippen LogP contribution in [-0.2, 0) is 24.1 Å². The predicted octanol–water partition coefficient (Wildman–Crippen LogP) is -0.412. The van der Waals surface area contributed by atoms with Crippen molar-refractivity contribution >= 4 is 53.6 Å². The number of phenols is 1. The van der Waals surface area contributed by atoms with Crippen LogP contribution in [0.25, 0.3) is 11.1 Å². The summed E-state index contributed by atoms with van der Waals surface area (Å²) in [5.41, 5.74) is 6.89. The summed E-state index contributed by atoms with van der Waals surface area (Å²) in [7, 11) is 0. The van der Waals surface area contributed by atoms with Crippen LogP contribution in [0.5, 0.6) is 11.5 Å². The number of nitrogens with zero attached hydrogens (tertiary/aromatic N) is 2. The summed E-state index contributed by atoms with van der Waals surface area (Å²) in [5.74, 6) is 0.439. The summed E-state index contributed by atoms with van der Waals surface area (Å²) in [6, 6.07) is 24.9. The van der Waals surface area contributed by atoms with Gasteiger partial charge in [0.2, 0.25) is 29.4 Å². The molecule has 3 N–H and O–H groups in total. The third-order valence-electron chi connectivity index (χ3n) is 8.93. The van der Waals surface area contributed by atoms with Crippen LogP contribution in [0.4, 0.5) is 0 Å². The Morgan fingerprint density at radius 2 is 1.31 bits per heavy atom. The second-order valence-electron chi connectivity index (χ2n) is 12.4. The Balaban J connectivity index is 0.000000882. The summed E-state index contributed by atoms with van der Waals surface area (Å²) in [5, 5.41) is 35.9. The van der Waals surface area contributed by atoms with E-state index in [1.165, 1.54) is 34.9 Å². The van der Waals surface area contributed by atoms with Gasteiger partial charge in [0.1, 0.15) is 24.2 Å². The van der Waals surface area contributed by atoms with Gasteiger partial charge in [-0.2, -0.15) is 0 Å². The number of hydrogen-bond donors (Lipinski definition) is 3. The van der Waals surface area contributed by atoms with Gasteiger partial charge in [-0.15, -0.1) is 11.6 Å². The molecule has 13 nitrogen and oxygen atoms in total. The fourth-order valence-corrected chi connectivity index (χ4v) is 6.16. The molecular formula is C43H44ClK2N2O11+. The first-order chi connectivity index (χ1) is 27.5. The number of hydrogen-bond acceptors (Lipinski definition) is 11. The molecule has 16 heteroatoms. The molecule has 6 rings (SSSR count). The van der Waals surface area contributed by atoms with Crippen LogP contribution in [-0.4, -0.2) is 94.6 Å². The molecule has 0 saturated carbocycles. The number of amides is 2. The fraction of sp³-hybridized carbons (Fsp3) is 0.233. The third kappa shape index (κ3) is 17.0. The van der Waals surface area contributed by atoms with Crippen molar-refractivity contribution in [3.8, 4) is 11.5 Å². The van der Waals surface area contributed by atoms with E-state index in [0.717, 1.165) is 29.7 Å². The molecule has 1 aliphatic carbocycles. The van der Waals surface area contributed by atoms with E-state index in [2.05, 4.69) is 23.1 Å². The Hall–Kier alpha value is -3.26. The van der Waals surface area contributed by atoms with Crippen LogP contribution in [0.1, 0.15) is 49.6 Å². The molecule has 0 radical (unpaired) electrons. The normalized spacial score (nSPS) is 14.1. The largest absolute Gasteiger partial charge is 1.00 e. The average molecular weight is 878 g/mol. The van der Waals surface area contributed by atoms with Gasteiger partial charge in [-0.3, -0.25) is 24.0 Å². The number of carbonyl (C=O) groups excluding carboxylic acids is 5.